The Bertz CT molecular complexity index is 445. The predicted molar refractivity (Wildman–Crippen MR) is 57.7 cm³/mol. The number of aromatic amines is 1. The lowest BCUT2D eigenvalue weighted by molar-refractivity contribution is 0.450. The smallest absolute Gasteiger partial charge is 0.232 e. The van der Waals surface area contributed by atoms with Gasteiger partial charge in [0.2, 0.25) is 5.88 Å². The van der Waals surface area contributed by atoms with Crippen molar-refractivity contribution in [3.63, 3.8) is 0 Å². The predicted octanol–water partition coefficient (Wildman–Crippen LogP) is 2.71. The van der Waals surface area contributed by atoms with Gasteiger partial charge in [0.05, 0.1) is 10.6 Å². The molecule has 2 aromatic rings. The van der Waals surface area contributed by atoms with Gasteiger partial charge in [0.25, 0.3) is 0 Å². The maximum absolute atomic E-state index is 9.46. The molecule has 4 heteroatoms. The van der Waals surface area contributed by atoms with Gasteiger partial charge in [-0.15, -0.1) is 11.3 Å². The molecule has 0 saturated carbocycles. The molecule has 3 nitrogen and oxygen atoms in total. The molecule has 2 aromatic heterocycles. The minimum absolute atomic E-state index is 0.119. The highest BCUT2D eigenvalue weighted by Crippen LogP contribution is 2.28. The van der Waals surface area contributed by atoms with Crippen molar-refractivity contribution in [1.29, 1.82) is 0 Å². The summed E-state index contributed by atoms with van der Waals surface area (Å²) in [5.41, 5.74) is 0.797. The lowest BCUT2D eigenvalue weighted by Gasteiger charge is -1.88. The van der Waals surface area contributed by atoms with Gasteiger partial charge in [-0.2, -0.15) is 4.98 Å². The van der Waals surface area contributed by atoms with Crippen LogP contribution in [0, 0.1) is 6.92 Å². The van der Waals surface area contributed by atoms with Crippen molar-refractivity contribution in [2.75, 3.05) is 0 Å². The van der Waals surface area contributed by atoms with Crippen LogP contribution in [0.2, 0.25) is 0 Å². The van der Waals surface area contributed by atoms with E-state index in [-0.39, 0.29) is 5.88 Å². The number of imidazole rings is 1. The lowest BCUT2D eigenvalue weighted by atomic mass is 10.4. The van der Waals surface area contributed by atoms with Crippen LogP contribution in [0.25, 0.3) is 10.7 Å². The zero-order valence-electron chi connectivity index (χ0n) is 8.16. The van der Waals surface area contributed by atoms with Crippen LogP contribution in [0.4, 0.5) is 0 Å². The molecule has 2 heterocycles. The van der Waals surface area contributed by atoms with Crippen molar-refractivity contribution in [2.24, 2.45) is 0 Å². The Morgan fingerprint density at radius 2 is 2.29 bits per heavy atom. The Kier molecular flexibility index (Phi) is 2.29. The van der Waals surface area contributed by atoms with E-state index in [1.165, 1.54) is 4.88 Å². The minimum atomic E-state index is 0.119. The first-order chi connectivity index (χ1) is 6.70. The summed E-state index contributed by atoms with van der Waals surface area (Å²) in [6.45, 7) is 4.04. The Morgan fingerprint density at radius 3 is 2.79 bits per heavy atom. The summed E-state index contributed by atoms with van der Waals surface area (Å²) in [6, 6.07) is 4.06. The number of H-pyrrole nitrogens is 1. The molecule has 2 rings (SSSR count). The zero-order valence-corrected chi connectivity index (χ0v) is 8.98. The van der Waals surface area contributed by atoms with Crippen LogP contribution in [-0.2, 0) is 6.42 Å². The van der Waals surface area contributed by atoms with Crippen LogP contribution in [0.5, 0.6) is 5.88 Å². The number of nitrogens with one attached hydrogen (secondary N) is 1. The van der Waals surface area contributed by atoms with Crippen molar-refractivity contribution >= 4 is 11.3 Å². The SMILES string of the molecule is CCc1[nH]c(-c2ccc(C)s2)nc1O. The van der Waals surface area contributed by atoms with Gasteiger partial charge in [0.1, 0.15) is 0 Å². The fraction of sp³-hybridized carbons (Fsp3) is 0.300. The van der Waals surface area contributed by atoms with Crippen molar-refractivity contribution in [2.45, 2.75) is 20.3 Å². The zero-order chi connectivity index (χ0) is 10.1. The van der Waals surface area contributed by atoms with Gasteiger partial charge in [0.15, 0.2) is 5.82 Å². The molecule has 0 spiro atoms. The van der Waals surface area contributed by atoms with E-state index < -0.39 is 0 Å². The van der Waals surface area contributed by atoms with Crippen molar-refractivity contribution in [3.05, 3.63) is 22.7 Å². The summed E-state index contributed by atoms with van der Waals surface area (Å²) in [6.07, 6.45) is 0.767. The van der Waals surface area contributed by atoms with E-state index >= 15 is 0 Å². The summed E-state index contributed by atoms with van der Waals surface area (Å²) in [7, 11) is 0. The van der Waals surface area contributed by atoms with Crippen LogP contribution < -0.4 is 0 Å². The number of hydrogen-bond donors (Lipinski definition) is 2. The minimum Gasteiger partial charge on any atom is -0.492 e. The maximum Gasteiger partial charge on any atom is 0.232 e. The first kappa shape index (κ1) is 9.27. The van der Waals surface area contributed by atoms with Gasteiger partial charge in [-0.3, -0.25) is 0 Å². The van der Waals surface area contributed by atoms with E-state index in [4.69, 9.17) is 0 Å². The monoisotopic (exact) mass is 208 g/mol. The first-order valence-electron chi connectivity index (χ1n) is 4.55. The van der Waals surface area contributed by atoms with Crippen LogP contribution in [0.1, 0.15) is 17.5 Å². The number of aromatic nitrogens is 2. The Hall–Kier alpha value is -1.29. The fourth-order valence-corrected chi connectivity index (χ4v) is 2.14. The molecule has 0 unspecified atom stereocenters. The van der Waals surface area contributed by atoms with Crippen LogP contribution in [0.15, 0.2) is 12.1 Å². The number of nitrogens with zero attached hydrogens (tertiary/aromatic N) is 1. The third-order valence-corrected chi connectivity index (χ3v) is 3.09. The molecule has 0 aliphatic carbocycles. The molecule has 0 radical (unpaired) electrons. The molecule has 14 heavy (non-hydrogen) atoms. The number of rotatable bonds is 2. The summed E-state index contributed by atoms with van der Waals surface area (Å²) >= 11 is 1.67. The van der Waals surface area contributed by atoms with Gasteiger partial charge in [-0.05, 0) is 25.5 Å². The second-order valence-electron chi connectivity index (χ2n) is 3.15. The van der Waals surface area contributed by atoms with Crippen LogP contribution in [0.3, 0.4) is 0 Å². The quantitative estimate of drug-likeness (QED) is 0.797. The second-order valence-corrected chi connectivity index (χ2v) is 4.44. The van der Waals surface area contributed by atoms with Crippen LogP contribution in [-0.4, -0.2) is 15.1 Å². The average Bonchev–Trinajstić information content (AvgIpc) is 2.71. The summed E-state index contributed by atoms with van der Waals surface area (Å²) in [5, 5.41) is 9.46. The Labute approximate surface area is 86.4 Å². The molecule has 2 N–H and O–H groups in total. The molecular weight excluding hydrogens is 196 g/mol. The molecule has 0 fully saturated rings. The normalized spacial score (nSPS) is 10.7. The third kappa shape index (κ3) is 1.53. The van der Waals surface area contributed by atoms with Gasteiger partial charge < -0.3 is 10.1 Å². The third-order valence-electron chi connectivity index (χ3n) is 2.08. The second kappa shape index (κ2) is 3.46. The van der Waals surface area contributed by atoms with Crippen molar-refractivity contribution in [1.82, 2.24) is 9.97 Å². The first-order valence-corrected chi connectivity index (χ1v) is 5.37. The highest BCUT2D eigenvalue weighted by atomic mass is 32.1. The van der Waals surface area contributed by atoms with E-state index in [9.17, 15) is 5.11 Å². The maximum atomic E-state index is 9.46. The number of hydrogen-bond acceptors (Lipinski definition) is 3. The standard InChI is InChI=1S/C10H12N2OS/c1-3-7-10(13)12-9(11-7)8-5-4-6(2)14-8/h4-5,13H,3H2,1-2H3,(H,11,12). The fourth-order valence-electron chi connectivity index (χ4n) is 1.33. The Morgan fingerprint density at radius 1 is 1.50 bits per heavy atom. The van der Waals surface area contributed by atoms with Gasteiger partial charge >= 0.3 is 0 Å². The summed E-state index contributed by atoms with van der Waals surface area (Å²) in [5.74, 6) is 0.881. The van der Waals surface area contributed by atoms with E-state index in [2.05, 4.69) is 16.9 Å². The van der Waals surface area contributed by atoms with E-state index in [1.54, 1.807) is 11.3 Å². The van der Waals surface area contributed by atoms with Gasteiger partial charge in [-0.25, -0.2) is 0 Å². The topological polar surface area (TPSA) is 48.9 Å². The molecular formula is C10H12N2OS. The number of aromatic hydroxyl groups is 1. The highest BCUT2D eigenvalue weighted by molar-refractivity contribution is 7.15. The van der Waals surface area contributed by atoms with E-state index in [0.29, 0.717) is 0 Å². The lowest BCUT2D eigenvalue weighted by Crippen LogP contribution is -1.79. The summed E-state index contributed by atoms with van der Waals surface area (Å²) in [4.78, 5) is 9.50. The molecule has 0 saturated heterocycles. The van der Waals surface area contributed by atoms with Crippen LogP contribution >= 0.6 is 11.3 Å². The molecule has 0 aliphatic heterocycles. The number of aryl methyl sites for hydroxylation is 2. The average molecular weight is 208 g/mol. The molecule has 0 amide bonds. The number of thiophene rings is 1. The molecule has 0 atom stereocenters. The molecule has 0 bridgehead atoms. The van der Waals surface area contributed by atoms with Crippen molar-refractivity contribution in [3.8, 4) is 16.6 Å². The highest BCUT2D eigenvalue weighted by Gasteiger charge is 2.09. The summed E-state index contributed by atoms with van der Waals surface area (Å²) < 4.78 is 0. The van der Waals surface area contributed by atoms with Gasteiger partial charge in [-0.1, -0.05) is 6.92 Å². The van der Waals surface area contributed by atoms with Crippen molar-refractivity contribution < 1.29 is 5.11 Å². The molecule has 74 valence electrons. The molecule has 0 aromatic carbocycles. The molecule has 0 aliphatic rings. The largest absolute Gasteiger partial charge is 0.492 e. The Balaban J connectivity index is 2.42. The van der Waals surface area contributed by atoms with Gasteiger partial charge in [0, 0.05) is 4.88 Å². The van der Waals surface area contributed by atoms with E-state index in [1.807, 2.05) is 19.1 Å². The van der Waals surface area contributed by atoms with E-state index in [0.717, 1.165) is 22.8 Å².